The Kier molecular flexibility index (Phi) is 18.8. The number of ketones is 2. The molecule has 0 radical (unpaired) electrons. The second kappa shape index (κ2) is 27.2. The third kappa shape index (κ3) is 12.7. The number of H-pyrrole nitrogens is 1. The molecular weight excluding hydrogens is 1290 g/mol. The van der Waals surface area contributed by atoms with Crippen molar-refractivity contribution in [2.45, 2.75) is 162 Å². The van der Waals surface area contributed by atoms with Crippen molar-refractivity contribution in [2.24, 2.45) is 51.4 Å². The van der Waals surface area contributed by atoms with E-state index in [0.717, 1.165) is 84.2 Å². The molecular formula is C81H89N3O9S4. The number of carbonyl (C=O) groups is 2. The smallest absolute Gasteiger partial charge is 0.165 e. The van der Waals surface area contributed by atoms with E-state index in [1.54, 1.807) is 68.9 Å². The molecule has 8 aliphatic carbocycles. The van der Waals surface area contributed by atoms with Crippen LogP contribution in [-0.4, -0.2) is 94.5 Å². The first-order valence-corrected chi connectivity index (χ1v) is 40.0. The minimum atomic E-state index is -1.41. The Hall–Kier alpha value is -5.94. The number of ether oxygens (including phenoxy) is 1. The average molecular weight is 1380 g/mol. The molecule has 5 aromatic carbocycles. The van der Waals surface area contributed by atoms with E-state index in [4.69, 9.17) is 16.2 Å². The molecule has 2 saturated carbocycles. The highest BCUT2D eigenvalue weighted by Crippen LogP contribution is 2.71. The van der Waals surface area contributed by atoms with E-state index in [9.17, 15) is 40.2 Å². The Morgan fingerprint density at radius 1 is 0.701 bits per heavy atom. The molecule has 506 valence electrons. The maximum Gasteiger partial charge on any atom is 0.165 e. The number of aromatic nitrogens is 1. The number of fused-ring (bicyclic) bond motifs is 19. The fourth-order valence-corrected chi connectivity index (χ4v) is 25.1. The second-order valence-electron chi connectivity index (χ2n) is 29.9. The molecule has 10 aliphatic rings. The molecule has 2 aliphatic heterocycles. The average Bonchev–Trinajstić information content (AvgIpc) is 1.55. The standard InChI is InChI=1S/C81H89N3O9S4/c82-76(83)63-37-54-5-2-6-68-61(25-32-84-68)71(89)40-64-62(54)38-56(63)44-94-95-45-58-42-77(29-24-59(86)19-14-52-17-22-70(88)72(36-52)93-33-26-53-16-21-69(87)65(64)35-53)48-81(58,92)75-23-18-57(77)41-78-30-31-79-27-3-28-80(91,47-78)74(90)7-1-4-49-8-10-50(11-9-49)12-13-51-15-20-60(55(34-51)39-73(78)79)66(43-85)67(79)46-96-97-75/h8-11,15-18,20-25,29-32,34-38,57-58,64,66-67,73-76,84-85,87-88,90-92H,1,3-4,6-7,12-14,19,26-28,33,39-48,82-83H2/b29-24+/t57-,58-,64+,66-,67+,73-,74+,75+,77+,78-,79-,80+,81-/m0/s1. The maximum atomic E-state index is 14.8. The van der Waals surface area contributed by atoms with Crippen molar-refractivity contribution in [3.8, 4) is 29.1 Å². The molecule has 0 amide bonds. The molecule has 20 bridgehead atoms. The molecule has 6 aromatic rings. The van der Waals surface area contributed by atoms with Gasteiger partial charge in [-0.1, -0.05) is 152 Å². The number of nitrogens with one attached hydrogen (secondary N) is 1. The fraction of sp³-hybridized carbons (Fsp3) is 0.457. The SMILES string of the molecule is NC(N)c1cc2c3cc1CSSC[C@@H]1C[C@]4(/C=C/C(=O)CCc5ccc(O)c(c5)OCCc5ccc(O)c(c5)[C@@H]3CC(=O)c3cc[nH]c3CC#C2)C[C@@]1(O)[C@H]1C=C[C@H]4C[C@@]23C=C[C@]45CCC[C@@](O)(C2)[C@H](O)CCCc2ccc(cc2)CCc2ccc(c(c2)C[C@@H]34)[C@H](CO)[C@H]5CSS1. The molecule has 12 nitrogen and oxygen atoms in total. The van der Waals surface area contributed by atoms with Crippen molar-refractivity contribution in [2.75, 3.05) is 24.7 Å². The Morgan fingerprint density at radius 2 is 1.47 bits per heavy atom. The van der Waals surface area contributed by atoms with Crippen LogP contribution in [0.15, 0.2) is 140 Å². The van der Waals surface area contributed by atoms with Gasteiger partial charge in [-0.05, 0) is 222 Å². The van der Waals surface area contributed by atoms with Crippen LogP contribution in [0.5, 0.6) is 17.2 Å². The number of aromatic amines is 1. The highest BCUT2D eigenvalue weighted by Gasteiger charge is 2.66. The van der Waals surface area contributed by atoms with E-state index in [1.807, 2.05) is 35.1 Å². The summed E-state index contributed by atoms with van der Waals surface area (Å²) >= 11 is 0. The number of phenols is 2. The van der Waals surface area contributed by atoms with E-state index >= 15 is 0 Å². The second-order valence-corrected chi connectivity index (χ2v) is 34.9. The number of hydrogen-bond acceptors (Lipinski definition) is 15. The predicted octanol–water partition coefficient (Wildman–Crippen LogP) is 13.6. The van der Waals surface area contributed by atoms with Crippen molar-refractivity contribution >= 4 is 54.7 Å². The van der Waals surface area contributed by atoms with Crippen LogP contribution in [0.2, 0.25) is 0 Å². The quantitative estimate of drug-likeness (QED) is 0.0340. The van der Waals surface area contributed by atoms with Crippen LogP contribution in [0.25, 0.3) is 0 Å². The fourth-order valence-electron chi connectivity index (χ4n) is 19.3. The number of carbonyl (C=O) groups excluding carboxylic acids is 2. The molecule has 1 spiro atoms. The van der Waals surface area contributed by atoms with Crippen LogP contribution in [-0.2, 0) is 55.5 Å². The summed E-state index contributed by atoms with van der Waals surface area (Å²) in [5, 5.41) is 75.3. The van der Waals surface area contributed by atoms with Crippen LogP contribution in [0, 0.1) is 51.8 Å². The first-order chi connectivity index (χ1) is 46.9. The number of Topliss-reactive ketones (excluding diaryl/α,β-unsaturated/α-hetero) is 1. The van der Waals surface area contributed by atoms with Gasteiger partial charge in [-0.2, -0.15) is 0 Å². The summed E-state index contributed by atoms with van der Waals surface area (Å²) in [6.45, 7) is 0.182. The largest absolute Gasteiger partial charge is 0.508 e. The summed E-state index contributed by atoms with van der Waals surface area (Å²) in [4.78, 5) is 32.6. The third-order valence-corrected chi connectivity index (χ3v) is 29.6. The molecule has 97 heavy (non-hydrogen) atoms. The number of aryl methyl sites for hydroxylation is 4. The van der Waals surface area contributed by atoms with Crippen LogP contribution in [0.4, 0.5) is 0 Å². The first-order valence-electron chi connectivity index (χ1n) is 35.1. The molecule has 2 fully saturated rings. The topological polar surface area (TPSA) is 233 Å². The van der Waals surface area contributed by atoms with E-state index in [1.165, 1.54) is 27.8 Å². The number of aromatic hydroxyl groups is 2. The van der Waals surface area contributed by atoms with Gasteiger partial charge in [-0.15, -0.1) is 0 Å². The van der Waals surface area contributed by atoms with E-state index in [0.29, 0.717) is 91.7 Å². The summed E-state index contributed by atoms with van der Waals surface area (Å²) in [5.74, 6) is 7.51. The van der Waals surface area contributed by atoms with Gasteiger partial charge in [0.15, 0.2) is 23.1 Å². The number of allylic oxidation sites excluding steroid dienone is 5. The number of rotatable bonds is 2. The lowest BCUT2D eigenvalue weighted by Gasteiger charge is -2.54. The van der Waals surface area contributed by atoms with Gasteiger partial charge in [0.1, 0.15) is 5.75 Å². The monoisotopic (exact) mass is 1380 g/mol. The normalized spacial score (nSPS) is 32.9. The van der Waals surface area contributed by atoms with Crippen molar-refractivity contribution in [1.29, 1.82) is 0 Å². The number of aliphatic hydroxyl groups excluding tert-OH is 2. The van der Waals surface area contributed by atoms with Gasteiger partial charge in [0, 0.05) is 76.9 Å². The number of benzene rings is 5. The lowest BCUT2D eigenvalue weighted by Crippen LogP contribution is -2.53. The van der Waals surface area contributed by atoms with Crippen LogP contribution >= 0.6 is 43.2 Å². The highest BCUT2D eigenvalue weighted by atomic mass is 33.1. The van der Waals surface area contributed by atoms with Gasteiger partial charge in [0.25, 0.3) is 0 Å². The highest BCUT2D eigenvalue weighted by molar-refractivity contribution is 8.77. The van der Waals surface area contributed by atoms with Crippen LogP contribution in [0.3, 0.4) is 0 Å². The van der Waals surface area contributed by atoms with Crippen molar-refractivity contribution in [3.63, 3.8) is 0 Å². The summed E-state index contributed by atoms with van der Waals surface area (Å²) < 4.78 is 6.33. The zero-order chi connectivity index (χ0) is 66.8. The molecule has 16 heteroatoms. The van der Waals surface area contributed by atoms with Gasteiger partial charge in [0.2, 0.25) is 0 Å². The number of hydrogen-bond donors (Lipinski definition) is 9. The van der Waals surface area contributed by atoms with Crippen LogP contribution < -0.4 is 16.2 Å². The van der Waals surface area contributed by atoms with E-state index in [-0.39, 0.29) is 89.4 Å². The Bertz CT molecular complexity index is 4170. The van der Waals surface area contributed by atoms with Gasteiger partial charge < -0.3 is 51.8 Å². The summed E-state index contributed by atoms with van der Waals surface area (Å²) in [6, 6.07) is 32.5. The van der Waals surface area contributed by atoms with Crippen LogP contribution in [0.1, 0.15) is 171 Å². The Labute approximate surface area is 585 Å². The predicted molar refractivity (Wildman–Crippen MR) is 390 cm³/mol. The van der Waals surface area contributed by atoms with Gasteiger partial charge in [0.05, 0.1) is 48.4 Å². The van der Waals surface area contributed by atoms with E-state index in [2.05, 4.69) is 95.7 Å². The lowest BCUT2D eigenvalue weighted by molar-refractivity contribution is -0.133. The van der Waals surface area contributed by atoms with Crippen molar-refractivity contribution < 1.29 is 45.0 Å². The minimum Gasteiger partial charge on any atom is -0.508 e. The summed E-state index contributed by atoms with van der Waals surface area (Å²) in [6.07, 6.45) is 23.5. The van der Waals surface area contributed by atoms with Gasteiger partial charge >= 0.3 is 0 Å². The first kappa shape index (κ1) is 66.9. The summed E-state index contributed by atoms with van der Waals surface area (Å²) in [7, 11) is 6.95. The minimum absolute atomic E-state index is 0.00396. The van der Waals surface area contributed by atoms with Gasteiger partial charge in [-0.3, -0.25) is 9.59 Å². The lowest BCUT2D eigenvalue weighted by atomic mass is 9.51. The third-order valence-electron chi connectivity index (χ3n) is 24.4. The Balaban J connectivity index is 0.838. The molecule has 3 heterocycles. The zero-order valence-electron chi connectivity index (χ0n) is 54.9. The molecule has 0 saturated heterocycles. The zero-order valence-corrected chi connectivity index (χ0v) is 58.2. The van der Waals surface area contributed by atoms with Gasteiger partial charge in [-0.25, -0.2) is 0 Å². The summed E-state index contributed by atoms with van der Waals surface area (Å²) in [5.41, 5.74) is 21.9. The van der Waals surface area contributed by atoms with Crippen molar-refractivity contribution in [1.82, 2.24) is 4.98 Å². The van der Waals surface area contributed by atoms with Crippen molar-refractivity contribution in [3.05, 3.63) is 218 Å². The Morgan fingerprint density at radius 3 is 2.31 bits per heavy atom. The molecule has 1 aromatic heterocycles. The number of phenolic OH excluding ortho intramolecular Hbond substituents is 2. The van der Waals surface area contributed by atoms with E-state index < -0.39 is 40.2 Å². The number of nitrogens with two attached hydrogens (primary N) is 2. The maximum absolute atomic E-state index is 14.8. The number of aliphatic hydroxyl groups is 4. The molecule has 11 N–H and O–H groups in total. The molecule has 13 atom stereocenters. The molecule has 0 unspecified atom stereocenters. The molecule has 16 rings (SSSR count).